The van der Waals surface area contributed by atoms with Gasteiger partial charge in [0.1, 0.15) is 0 Å². The van der Waals surface area contributed by atoms with Crippen molar-refractivity contribution in [2.24, 2.45) is 0 Å². The van der Waals surface area contributed by atoms with E-state index < -0.39 is 6.09 Å². The lowest BCUT2D eigenvalue weighted by atomic mass is 9.84. The van der Waals surface area contributed by atoms with Gasteiger partial charge in [0.25, 0.3) is 0 Å². The van der Waals surface area contributed by atoms with Crippen LogP contribution in [0.15, 0.2) is 42.5 Å². The molecule has 2 fully saturated rings. The van der Waals surface area contributed by atoms with Crippen LogP contribution in [0.2, 0.25) is 0 Å². The van der Waals surface area contributed by atoms with Gasteiger partial charge in [0.2, 0.25) is 5.91 Å². The van der Waals surface area contributed by atoms with Crippen LogP contribution >= 0.6 is 12.4 Å². The van der Waals surface area contributed by atoms with Gasteiger partial charge in [-0.1, -0.05) is 36.8 Å². The van der Waals surface area contributed by atoms with Gasteiger partial charge in [-0.25, -0.2) is 4.79 Å². The van der Waals surface area contributed by atoms with E-state index in [1.54, 1.807) is 11.8 Å². The van der Waals surface area contributed by atoms with Gasteiger partial charge >= 0.3 is 6.09 Å². The minimum Gasteiger partial charge on any atom is -0.465 e. The number of benzene rings is 2. The topological polar surface area (TPSA) is 64.1 Å². The molecule has 2 heterocycles. The number of carboxylic acid groups (broad SMARTS) is 1. The molecule has 5 rings (SSSR count). The first-order chi connectivity index (χ1) is 16.9. The summed E-state index contributed by atoms with van der Waals surface area (Å²) < 4.78 is 0. The van der Waals surface area contributed by atoms with Gasteiger partial charge in [-0.15, -0.1) is 12.4 Å². The van der Waals surface area contributed by atoms with Crippen molar-refractivity contribution in [2.45, 2.75) is 83.5 Å². The molecule has 1 saturated heterocycles. The van der Waals surface area contributed by atoms with E-state index in [1.807, 2.05) is 17.9 Å². The van der Waals surface area contributed by atoms with E-state index in [9.17, 15) is 14.7 Å². The molecule has 36 heavy (non-hydrogen) atoms. The summed E-state index contributed by atoms with van der Waals surface area (Å²) in [5.74, 6) is -0.00228. The number of piperidine rings is 1. The number of carbonyl (C=O) groups excluding carboxylic acids is 1. The average molecular weight is 512 g/mol. The zero-order valence-corrected chi connectivity index (χ0v) is 22.2. The highest BCUT2D eigenvalue weighted by Crippen LogP contribution is 2.45. The number of hydrogen-bond acceptors (Lipinski definition) is 3. The Morgan fingerprint density at radius 2 is 1.64 bits per heavy atom. The smallest absolute Gasteiger partial charge is 0.408 e. The van der Waals surface area contributed by atoms with Crippen molar-refractivity contribution in [2.75, 3.05) is 18.0 Å². The van der Waals surface area contributed by atoms with Crippen LogP contribution in [0.1, 0.15) is 76.0 Å². The van der Waals surface area contributed by atoms with Gasteiger partial charge in [-0.3, -0.25) is 14.6 Å². The summed E-state index contributed by atoms with van der Waals surface area (Å²) in [5.41, 5.74) is 5.30. The maximum atomic E-state index is 12.5. The second-order valence-electron chi connectivity index (χ2n) is 10.6. The molecule has 2 atom stereocenters. The van der Waals surface area contributed by atoms with Crippen molar-refractivity contribution in [3.05, 3.63) is 53.6 Å². The van der Waals surface area contributed by atoms with Crippen molar-refractivity contribution in [3.63, 3.8) is 0 Å². The fourth-order valence-corrected chi connectivity index (χ4v) is 6.14. The quantitative estimate of drug-likeness (QED) is 0.499. The highest BCUT2D eigenvalue weighted by molar-refractivity contribution is 5.94. The first-order valence-corrected chi connectivity index (χ1v) is 13.2. The fourth-order valence-electron chi connectivity index (χ4n) is 6.14. The Labute approximate surface area is 220 Å². The molecule has 7 heteroatoms. The summed E-state index contributed by atoms with van der Waals surface area (Å²) in [5, 5.41) is 10.1. The Kier molecular flexibility index (Phi) is 8.26. The van der Waals surface area contributed by atoms with Crippen LogP contribution in [-0.2, 0) is 11.3 Å². The lowest BCUT2D eigenvalue weighted by Gasteiger charge is -2.47. The number of fused-ring (bicyclic) bond motifs is 1. The van der Waals surface area contributed by atoms with Crippen LogP contribution in [0.25, 0.3) is 11.1 Å². The van der Waals surface area contributed by atoms with Crippen molar-refractivity contribution in [3.8, 4) is 11.1 Å². The number of amides is 2. The Hall–Kier alpha value is -2.57. The first kappa shape index (κ1) is 26.5. The highest BCUT2D eigenvalue weighted by Gasteiger charge is 2.41. The summed E-state index contributed by atoms with van der Waals surface area (Å²) in [4.78, 5) is 30.9. The second kappa shape index (κ2) is 11.2. The maximum Gasteiger partial charge on any atom is 0.408 e. The molecule has 0 spiro atoms. The minimum absolute atomic E-state index is 0. The summed E-state index contributed by atoms with van der Waals surface area (Å²) >= 11 is 0. The second-order valence-corrected chi connectivity index (χ2v) is 10.6. The van der Waals surface area contributed by atoms with Gasteiger partial charge in [0.15, 0.2) is 0 Å². The number of hydrogen-bond donors (Lipinski definition) is 1. The Bertz CT molecular complexity index is 1080. The van der Waals surface area contributed by atoms with E-state index >= 15 is 0 Å². The molecule has 2 aromatic rings. The predicted octanol–water partition coefficient (Wildman–Crippen LogP) is 6.48. The number of anilines is 1. The van der Waals surface area contributed by atoms with Gasteiger partial charge in [-0.05, 0) is 92.9 Å². The largest absolute Gasteiger partial charge is 0.465 e. The molecule has 194 valence electrons. The van der Waals surface area contributed by atoms with E-state index in [1.165, 1.54) is 37.9 Å². The average Bonchev–Trinajstić information content (AvgIpc) is 2.81. The van der Waals surface area contributed by atoms with Crippen LogP contribution in [0.5, 0.6) is 0 Å². The molecule has 1 aliphatic carbocycles. The zero-order valence-electron chi connectivity index (χ0n) is 21.4. The van der Waals surface area contributed by atoms with E-state index in [0.29, 0.717) is 6.42 Å². The molecule has 6 nitrogen and oxygen atoms in total. The zero-order chi connectivity index (χ0) is 24.5. The van der Waals surface area contributed by atoms with E-state index in [-0.39, 0.29) is 36.4 Å². The fraction of sp³-hybridized carbons (Fsp3) is 0.517. The lowest BCUT2D eigenvalue weighted by molar-refractivity contribution is -0.117. The maximum absolute atomic E-state index is 12.5. The molecular weight excluding hydrogens is 474 g/mol. The normalized spacial score (nSPS) is 22.2. The molecule has 1 N–H and O–H groups in total. The van der Waals surface area contributed by atoms with Crippen LogP contribution in [0, 0.1) is 0 Å². The number of halogens is 1. The van der Waals surface area contributed by atoms with Gasteiger partial charge in [-0.2, -0.15) is 0 Å². The molecule has 2 aliphatic heterocycles. The molecule has 2 aromatic carbocycles. The summed E-state index contributed by atoms with van der Waals surface area (Å²) in [6, 6.07) is 14.7. The molecule has 0 bridgehead atoms. The summed E-state index contributed by atoms with van der Waals surface area (Å²) in [6.45, 7) is 6.97. The SMILES string of the molecule is CC(=O)N1c2ccc(-c3ccc(CN4CCCCC4)cc3)cc2[C@H](N(C(=O)O)C2CCC2)C[C@@H]1C.Cl. The van der Waals surface area contributed by atoms with E-state index in [4.69, 9.17) is 0 Å². The number of rotatable bonds is 5. The molecule has 0 radical (unpaired) electrons. The Balaban J connectivity index is 0.00000304. The number of likely N-dealkylation sites (tertiary alicyclic amines) is 1. The number of nitrogens with zero attached hydrogens (tertiary/aromatic N) is 3. The first-order valence-electron chi connectivity index (χ1n) is 13.2. The monoisotopic (exact) mass is 511 g/mol. The minimum atomic E-state index is -0.860. The standard InChI is InChI=1S/C29H37N3O3.ClH/c1-20-17-28(32(29(34)35)25-7-6-8-25)26-18-24(13-14-27(26)31(20)21(2)33)23-11-9-22(10-12-23)19-30-15-4-3-5-16-30;/h9-14,18,20,25,28H,3-8,15-17,19H2,1-2H3,(H,34,35);1H/t20-,28+;/m0./s1. The van der Waals surface area contributed by atoms with E-state index in [0.717, 1.165) is 48.2 Å². The van der Waals surface area contributed by atoms with Crippen molar-refractivity contribution < 1.29 is 14.7 Å². The third kappa shape index (κ3) is 5.25. The van der Waals surface area contributed by atoms with Crippen LogP contribution in [-0.4, -0.2) is 52.1 Å². The molecule has 3 aliphatic rings. The molecule has 0 unspecified atom stereocenters. The Morgan fingerprint density at radius 3 is 2.22 bits per heavy atom. The Morgan fingerprint density at radius 1 is 0.972 bits per heavy atom. The van der Waals surface area contributed by atoms with Gasteiger partial charge in [0, 0.05) is 31.2 Å². The molecular formula is C29H38ClN3O3. The summed E-state index contributed by atoms with van der Waals surface area (Å²) in [6.07, 6.45) is 6.59. The van der Waals surface area contributed by atoms with Crippen molar-refractivity contribution >= 4 is 30.1 Å². The molecule has 0 aromatic heterocycles. The van der Waals surface area contributed by atoms with Crippen LogP contribution in [0.4, 0.5) is 10.5 Å². The van der Waals surface area contributed by atoms with Crippen LogP contribution < -0.4 is 4.90 Å². The lowest BCUT2D eigenvalue weighted by Crippen LogP contribution is -2.51. The van der Waals surface area contributed by atoms with Gasteiger partial charge < -0.3 is 10.0 Å². The van der Waals surface area contributed by atoms with Gasteiger partial charge in [0.05, 0.1) is 6.04 Å². The molecule has 2 amide bonds. The van der Waals surface area contributed by atoms with E-state index in [2.05, 4.69) is 41.3 Å². The van der Waals surface area contributed by atoms with Crippen molar-refractivity contribution in [1.29, 1.82) is 0 Å². The third-order valence-electron chi connectivity index (χ3n) is 8.16. The highest BCUT2D eigenvalue weighted by atomic mass is 35.5. The molecule has 1 saturated carbocycles. The van der Waals surface area contributed by atoms with Crippen LogP contribution in [0.3, 0.4) is 0 Å². The predicted molar refractivity (Wildman–Crippen MR) is 146 cm³/mol. The summed E-state index contributed by atoms with van der Waals surface area (Å²) in [7, 11) is 0. The number of carbonyl (C=O) groups is 2. The third-order valence-corrected chi connectivity index (χ3v) is 8.16. The van der Waals surface area contributed by atoms with Crippen molar-refractivity contribution in [1.82, 2.24) is 9.80 Å².